The molecule has 3 rings (SSSR count). The maximum Gasteiger partial charge on any atom is 0.311 e. The average molecular weight is 364 g/mol. The van der Waals surface area contributed by atoms with E-state index >= 15 is 0 Å². The number of sulfonamides is 1. The van der Waals surface area contributed by atoms with Crippen molar-refractivity contribution in [1.29, 1.82) is 0 Å². The highest BCUT2D eigenvalue weighted by atomic mass is 35.5. The van der Waals surface area contributed by atoms with Gasteiger partial charge < -0.3 is 5.11 Å². The number of halogens is 2. The standard InChI is InChI=1S/C14H15Cl2NO4S/c15-10-4-1-5-11(16)12(10)22(20,21)17-7-9-3-2-6-14(9,8-17)13(18)19/h1,4-5,9H,2-3,6-8H2,(H,18,19)/t9-,14+/m0/s1. The molecule has 0 unspecified atom stereocenters. The zero-order chi connectivity index (χ0) is 16.1. The van der Waals surface area contributed by atoms with Crippen LogP contribution >= 0.6 is 23.2 Å². The number of carboxylic acids is 1. The first-order valence-electron chi connectivity index (χ1n) is 6.96. The molecule has 1 heterocycles. The second-order valence-corrected chi connectivity index (χ2v) is 8.59. The molecular formula is C14H15Cl2NO4S. The van der Waals surface area contributed by atoms with E-state index in [4.69, 9.17) is 23.2 Å². The molecule has 120 valence electrons. The fraction of sp³-hybridized carbons (Fsp3) is 0.500. The van der Waals surface area contributed by atoms with Gasteiger partial charge in [-0.2, -0.15) is 4.31 Å². The van der Waals surface area contributed by atoms with Gasteiger partial charge >= 0.3 is 5.97 Å². The first-order valence-corrected chi connectivity index (χ1v) is 9.16. The first-order chi connectivity index (χ1) is 10.3. The highest BCUT2D eigenvalue weighted by molar-refractivity contribution is 7.89. The summed E-state index contributed by atoms with van der Waals surface area (Å²) < 4.78 is 26.9. The number of fused-ring (bicyclic) bond motifs is 1. The summed E-state index contributed by atoms with van der Waals surface area (Å²) in [7, 11) is -3.91. The molecule has 2 aliphatic rings. The van der Waals surface area contributed by atoms with Crippen LogP contribution in [-0.4, -0.2) is 36.9 Å². The van der Waals surface area contributed by atoms with Crippen molar-refractivity contribution in [2.24, 2.45) is 11.3 Å². The lowest BCUT2D eigenvalue weighted by Gasteiger charge is -2.23. The number of hydrogen-bond donors (Lipinski definition) is 1. The van der Waals surface area contributed by atoms with Gasteiger partial charge in [-0.1, -0.05) is 35.7 Å². The normalized spacial score (nSPS) is 28.7. The second-order valence-electron chi connectivity index (χ2n) is 5.90. The zero-order valence-corrected chi connectivity index (χ0v) is 14.0. The zero-order valence-electron chi connectivity index (χ0n) is 11.6. The lowest BCUT2D eigenvalue weighted by molar-refractivity contribution is -0.149. The van der Waals surface area contributed by atoms with Crippen LogP contribution in [0.25, 0.3) is 0 Å². The Morgan fingerprint density at radius 1 is 1.32 bits per heavy atom. The predicted octanol–water partition coefficient (Wildman–Crippen LogP) is 2.87. The van der Waals surface area contributed by atoms with Crippen LogP contribution in [0.15, 0.2) is 23.1 Å². The van der Waals surface area contributed by atoms with Gasteiger partial charge in [0.1, 0.15) is 4.90 Å². The van der Waals surface area contributed by atoms with Crippen molar-refractivity contribution in [2.45, 2.75) is 24.2 Å². The highest BCUT2D eigenvalue weighted by Crippen LogP contribution is 2.50. The summed E-state index contributed by atoms with van der Waals surface area (Å²) in [6.45, 7) is 0.188. The van der Waals surface area contributed by atoms with Gasteiger partial charge in [0.25, 0.3) is 0 Å². The van der Waals surface area contributed by atoms with Crippen molar-refractivity contribution in [3.63, 3.8) is 0 Å². The minimum absolute atomic E-state index is 0.0170. The van der Waals surface area contributed by atoms with Gasteiger partial charge in [0.15, 0.2) is 0 Å². The van der Waals surface area contributed by atoms with E-state index in [1.54, 1.807) is 6.07 Å². The highest BCUT2D eigenvalue weighted by Gasteiger charge is 2.57. The number of rotatable bonds is 3. The topological polar surface area (TPSA) is 74.7 Å². The molecule has 1 saturated carbocycles. The smallest absolute Gasteiger partial charge is 0.311 e. The molecule has 0 spiro atoms. The Balaban J connectivity index is 2.01. The molecule has 1 saturated heterocycles. The Kier molecular flexibility index (Phi) is 3.92. The Bertz CT molecular complexity index is 716. The van der Waals surface area contributed by atoms with Gasteiger partial charge in [0.2, 0.25) is 10.0 Å². The molecular weight excluding hydrogens is 349 g/mol. The summed E-state index contributed by atoms with van der Waals surface area (Å²) >= 11 is 12.0. The van der Waals surface area contributed by atoms with Gasteiger partial charge in [-0.3, -0.25) is 4.79 Å². The van der Waals surface area contributed by atoms with E-state index in [-0.39, 0.29) is 33.9 Å². The Hall–Kier alpha value is -0.820. The molecule has 2 fully saturated rings. The van der Waals surface area contributed by atoms with Gasteiger partial charge in [-0.05, 0) is 30.9 Å². The Morgan fingerprint density at radius 3 is 2.50 bits per heavy atom. The molecule has 5 nitrogen and oxygen atoms in total. The van der Waals surface area contributed by atoms with Gasteiger partial charge in [-0.15, -0.1) is 0 Å². The predicted molar refractivity (Wildman–Crippen MR) is 82.6 cm³/mol. The van der Waals surface area contributed by atoms with Crippen molar-refractivity contribution in [2.75, 3.05) is 13.1 Å². The number of carboxylic acid groups (broad SMARTS) is 1. The summed E-state index contributed by atoms with van der Waals surface area (Å²) in [5, 5.41) is 9.66. The van der Waals surface area contributed by atoms with E-state index in [1.165, 1.54) is 16.4 Å². The third-order valence-electron chi connectivity index (χ3n) is 4.78. The van der Waals surface area contributed by atoms with Crippen LogP contribution in [0.1, 0.15) is 19.3 Å². The molecule has 1 N–H and O–H groups in total. The van der Waals surface area contributed by atoms with E-state index in [2.05, 4.69) is 0 Å². The molecule has 1 aliphatic heterocycles. The van der Waals surface area contributed by atoms with Crippen molar-refractivity contribution < 1.29 is 18.3 Å². The minimum Gasteiger partial charge on any atom is -0.481 e. The minimum atomic E-state index is -3.91. The molecule has 2 atom stereocenters. The molecule has 1 aromatic carbocycles. The van der Waals surface area contributed by atoms with Crippen LogP contribution < -0.4 is 0 Å². The number of aliphatic carboxylic acids is 1. The molecule has 1 aromatic rings. The summed E-state index contributed by atoms with van der Waals surface area (Å²) in [6.07, 6.45) is 2.06. The molecule has 0 bridgehead atoms. The van der Waals surface area contributed by atoms with Crippen molar-refractivity contribution in [1.82, 2.24) is 4.31 Å². The van der Waals surface area contributed by atoms with E-state index < -0.39 is 21.4 Å². The molecule has 8 heteroatoms. The number of benzene rings is 1. The van der Waals surface area contributed by atoms with Gasteiger partial charge in [0, 0.05) is 13.1 Å². The van der Waals surface area contributed by atoms with Crippen molar-refractivity contribution >= 4 is 39.2 Å². The number of nitrogens with zero attached hydrogens (tertiary/aromatic N) is 1. The van der Waals surface area contributed by atoms with Crippen LogP contribution in [0.3, 0.4) is 0 Å². The van der Waals surface area contributed by atoms with E-state index in [1.807, 2.05) is 0 Å². The third kappa shape index (κ3) is 2.24. The van der Waals surface area contributed by atoms with Crippen LogP contribution in [0.5, 0.6) is 0 Å². The Labute approximate surface area is 138 Å². The lowest BCUT2D eigenvalue weighted by Crippen LogP contribution is -2.37. The molecule has 0 amide bonds. The lowest BCUT2D eigenvalue weighted by atomic mass is 9.81. The maximum absolute atomic E-state index is 12.8. The van der Waals surface area contributed by atoms with E-state index in [0.29, 0.717) is 6.42 Å². The summed E-state index contributed by atoms with van der Waals surface area (Å²) in [5.74, 6) is -1.07. The molecule has 0 radical (unpaired) electrons. The van der Waals surface area contributed by atoms with Crippen molar-refractivity contribution in [3.8, 4) is 0 Å². The van der Waals surface area contributed by atoms with Crippen LogP contribution in [0.4, 0.5) is 0 Å². The number of hydrogen-bond acceptors (Lipinski definition) is 3. The molecule has 0 aromatic heterocycles. The average Bonchev–Trinajstić information content (AvgIpc) is 2.95. The fourth-order valence-electron chi connectivity index (χ4n) is 3.63. The Morgan fingerprint density at radius 2 is 1.95 bits per heavy atom. The van der Waals surface area contributed by atoms with Crippen LogP contribution in [0, 0.1) is 11.3 Å². The van der Waals surface area contributed by atoms with Crippen LogP contribution in [-0.2, 0) is 14.8 Å². The van der Waals surface area contributed by atoms with Crippen molar-refractivity contribution in [3.05, 3.63) is 28.2 Å². The summed E-state index contributed by atoms with van der Waals surface area (Å²) in [6, 6.07) is 4.50. The number of carbonyl (C=O) groups is 1. The first kappa shape index (κ1) is 16.1. The maximum atomic E-state index is 12.8. The summed E-state index contributed by atoms with van der Waals surface area (Å²) in [4.78, 5) is 11.5. The SMILES string of the molecule is O=C(O)[C@@]12CCC[C@H]1CN(S(=O)(=O)c1c(Cl)cccc1Cl)C2. The fourth-order valence-corrected chi connectivity index (χ4v) is 6.28. The molecule has 22 heavy (non-hydrogen) atoms. The van der Waals surface area contributed by atoms with E-state index in [0.717, 1.165) is 12.8 Å². The summed E-state index contributed by atoms with van der Waals surface area (Å²) in [5.41, 5.74) is -0.971. The third-order valence-corrected chi connectivity index (χ3v) is 7.55. The molecule has 1 aliphatic carbocycles. The largest absolute Gasteiger partial charge is 0.481 e. The van der Waals surface area contributed by atoms with Gasteiger partial charge in [-0.25, -0.2) is 8.42 Å². The monoisotopic (exact) mass is 363 g/mol. The van der Waals surface area contributed by atoms with E-state index in [9.17, 15) is 18.3 Å². The van der Waals surface area contributed by atoms with Gasteiger partial charge in [0.05, 0.1) is 15.5 Å². The van der Waals surface area contributed by atoms with Crippen LogP contribution in [0.2, 0.25) is 10.0 Å². The quantitative estimate of drug-likeness (QED) is 0.895. The second kappa shape index (κ2) is 5.37.